The number of rotatable bonds is 4. The second-order valence-electron chi connectivity index (χ2n) is 4.19. The SMILES string of the molecule is C=CC(=O)[N+]1(CC)CCN(CC(N)=O)CC1.[Cl-]. The number of piperazine rings is 1. The van der Waals surface area contributed by atoms with E-state index in [-0.39, 0.29) is 30.8 Å². The van der Waals surface area contributed by atoms with Crippen LogP contribution >= 0.6 is 0 Å². The number of halogens is 1. The Labute approximate surface area is 108 Å². The summed E-state index contributed by atoms with van der Waals surface area (Å²) in [6, 6.07) is 0. The quantitative estimate of drug-likeness (QED) is 0.419. The van der Waals surface area contributed by atoms with Crippen molar-refractivity contribution in [3.63, 3.8) is 0 Å². The van der Waals surface area contributed by atoms with Gasteiger partial charge in [0.2, 0.25) is 5.91 Å². The molecule has 0 radical (unpaired) electrons. The zero-order valence-electron chi connectivity index (χ0n) is 10.2. The third-order valence-corrected chi connectivity index (χ3v) is 3.32. The first kappa shape index (κ1) is 16.1. The van der Waals surface area contributed by atoms with Gasteiger partial charge in [0.05, 0.1) is 26.2 Å². The molecule has 1 rings (SSSR count). The van der Waals surface area contributed by atoms with Gasteiger partial charge in [-0.1, -0.05) is 6.58 Å². The molecule has 2 amide bonds. The van der Waals surface area contributed by atoms with Gasteiger partial charge in [0, 0.05) is 19.2 Å². The highest BCUT2D eigenvalue weighted by molar-refractivity contribution is 5.81. The lowest BCUT2D eigenvalue weighted by Gasteiger charge is -2.41. The molecule has 1 aliphatic rings. The minimum atomic E-state index is -0.313. The average Bonchev–Trinajstić information content (AvgIpc) is 2.28. The first-order valence-corrected chi connectivity index (χ1v) is 5.58. The van der Waals surface area contributed by atoms with Gasteiger partial charge in [0.1, 0.15) is 0 Å². The van der Waals surface area contributed by atoms with Crippen LogP contribution in [-0.2, 0) is 9.59 Å². The maximum absolute atomic E-state index is 11.8. The second kappa shape index (κ2) is 6.74. The van der Waals surface area contributed by atoms with E-state index in [1.165, 1.54) is 6.08 Å². The summed E-state index contributed by atoms with van der Waals surface area (Å²) < 4.78 is 0.443. The molecule has 0 unspecified atom stereocenters. The summed E-state index contributed by atoms with van der Waals surface area (Å²) >= 11 is 0. The standard InChI is InChI=1S/C11H19N3O2.ClH/c1-3-11(16)14(4-2)7-5-13(6-8-14)9-10(12)15;/h3H,1,4-9H2,2H3,(H-,12,15);1H. The lowest BCUT2D eigenvalue weighted by atomic mass is 10.2. The van der Waals surface area contributed by atoms with Crippen LogP contribution in [-0.4, -0.2) is 60.5 Å². The van der Waals surface area contributed by atoms with Crippen molar-refractivity contribution in [3.05, 3.63) is 12.7 Å². The largest absolute Gasteiger partial charge is 1.00 e. The van der Waals surface area contributed by atoms with Crippen molar-refractivity contribution in [2.24, 2.45) is 5.73 Å². The Bertz CT molecular complexity index is 299. The normalized spacial score (nSPS) is 19.1. The van der Waals surface area contributed by atoms with Crippen molar-refractivity contribution in [2.75, 3.05) is 39.3 Å². The van der Waals surface area contributed by atoms with E-state index in [9.17, 15) is 9.59 Å². The number of nitrogens with zero attached hydrogens (tertiary/aromatic N) is 2. The Morgan fingerprint density at radius 1 is 1.41 bits per heavy atom. The molecule has 2 N–H and O–H groups in total. The van der Waals surface area contributed by atoms with Crippen LogP contribution in [0.2, 0.25) is 0 Å². The summed E-state index contributed by atoms with van der Waals surface area (Å²) in [5.74, 6) is -0.243. The summed E-state index contributed by atoms with van der Waals surface area (Å²) in [4.78, 5) is 24.6. The molecule has 1 saturated heterocycles. The smallest absolute Gasteiger partial charge is 0.338 e. The maximum Gasteiger partial charge on any atom is 0.338 e. The van der Waals surface area contributed by atoms with E-state index in [1.54, 1.807) is 0 Å². The second-order valence-corrected chi connectivity index (χ2v) is 4.19. The molecular weight excluding hydrogens is 242 g/mol. The molecule has 0 aromatic heterocycles. The first-order chi connectivity index (χ1) is 7.54. The number of amides is 2. The number of carbonyl (C=O) groups excluding carboxylic acids is 2. The van der Waals surface area contributed by atoms with E-state index in [2.05, 4.69) is 6.58 Å². The fraction of sp³-hybridized carbons (Fsp3) is 0.636. The van der Waals surface area contributed by atoms with Crippen molar-refractivity contribution in [3.8, 4) is 0 Å². The van der Waals surface area contributed by atoms with Crippen LogP contribution < -0.4 is 18.1 Å². The van der Waals surface area contributed by atoms with Crippen LogP contribution in [0.5, 0.6) is 0 Å². The van der Waals surface area contributed by atoms with E-state index < -0.39 is 0 Å². The molecule has 98 valence electrons. The van der Waals surface area contributed by atoms with E-state index >= 15 is 0 Å². The lowest BCUT2D eigenvalue weighted by molar-refractivity contribution is -0.855. The summed E-state index contributed by atoms with van der Waals surface area (Å²) in [6.07, 6.45) is 1.40. The van der Waals surface area contributed by atoms with Gasteiger partial charge in [0.15, 0.2) is 0 Å². The Hall–Kier alpha value is -0.910. The van der Waals surface area contributed by atoms with Crippen molar-refractivity contribution in [1.82, 2.24) is 4.90 Å². The van der Waals surface area contributed by atoms with Crippen LogP contribution in [0.1, 0.15) is 6.92 Å². The third kappa shape index (κ3) is 3.80. The summed E-state index contributed by atoms with van der Waals surface area (Å²) in [6.45, 7) is 9.53. The van der Waals surface area contributed by atoms with Gasteiger partial charge < -0.3 is 18.1 Å². The topological polar surface area (TPSA) is 63.4 Å². The lowest BCUT2D eigenvalue weighted by Crippen LogP contribution is -3.00. The van der Waals surface area contributed by atoms with Crippen molar-refractivity contribution < 1.29 is 26.5 Å². The zero-order valence-corrected chi connectivity index (χ0v) is 10.9. The third-order valence-electron chi connectivity index (χ3n) is 3.32. The molecule has 1 aliphatic heterocycles. The Kier molecular flexibility index (Phi) is 6.37. The molecular formula is C11H20ClN3O2. The number of hydrogen-bond donors (Lipinski definition) is 1. The fourth-order valence-corrected chi connectivity index (χ4v) is 2.15. The van der Waals surface area contributed by atoms with Gasteiger partial charge in [0.25, 0.3) is 0 Å². The summed E-state index contributed by atoms with van der Waals surface area (Å²) in [5, 5.41) is 0. The predicted octanol–water partition coefficient (Wildman–Crippen LogP) is -3.66. The Morgan fingerprint density at radius 3 is 2.29 bits per heavy atom. The zero-order chi connectivity index (χ0) is 12.2. The minimum Gasteiger partial charge on any atom is -1.00 e. The molecule has 1 fully saturated rings. The van der Waals surface area contributed by atoms with E-state index in [0.29, 0.717) is 4.48 Å². The van der Waals surface area contributed by atoms with Crippen LogP contribution in [0.25, 0.3) is 0 Å². The minimum absolute atomic E-state index is 0. The Balaban J connectivity index is 0.00000256. The molecule has 0 atom stereocenters. The van der Waals surface area contributed by atoms with Crippen molar-refractivity contribution >= 4 is 11.8 Å². The first-order valence-electron chi connectivity index (χ1n) is 5.58. The van der Waals surface area contributed by atoms with Crippen molar-refractivity contribution in [1.29, 1.82) is 0 Å². The summed E-state index contributed by atoms with van der Waals surface area (Å²) in [5.41, 5.74) is 5.14. The van der Waals surface area contributed by atoms with Crippen LogP contribution in [0.3, 0.4) is 0 Å². The highest BCUT2D eigenvalue weighted by Crippen LogP contribution is 2.14. The van der Waals surface area contributed by atoms with Gasteiger partial charge in [-0.15, -0.1) is 0 Å². The highest BCUT2D eigenvalue weighted by atomic mass is 35.5. The van der Waals surface area contributed by atoms with Crippen LogP contribution in [0.4, 0.5) is 0 Å². The molecule has 1 heterocycles. The molecule has 0 aliphatic carbocycles. The number of carbonyl (C=O) groups is 2. The predicted molar refractivity (Wildman–Crippen MR) is 61.4 cm³/mol. The molecule has 5 nitrogen and oxygen atoms in total. The van der Waals surface area contributed by atoms with Gasteiger partial charge >= 0.3 is 5.91 Å². The summed E-state index contributed by atoms with van der Waals surface area (Å²) in [7, 11) is 0. The number of hydrogen-bond acceptors (Lipinski definition) is 3. The van der Waals surface area contributed by atoms with Gasteiger partial charge in [-0.3, -0.25) is 14.2 Å². The number of quaternary nitrogens is 1. The van der Waals surface area contributed by atoms with E-state index in [1.807, 2.05) is 11.8 Å². The van der Waals surface area contributed by atoms with E-state index in [0.717, 1.165) is 32.7 Å². The molecule has 0 spiro atoms. The van der Waals surface area contributed by atoms with Gasteiger partial charge in [-0.25, -0.2) is 4.79 Å². The molecule has 0 aromatic rings. The van der Waals surface area contributed by atoms with Crippen LogP contribution in [0.15, 0.2) is 12.7 Å². The average molecular weight is 262 g/mol. The molecule has 0 bridgehead atoms. The van der Waals surface area contributed by atoms with E-state index in [4.69, 9.17) is 5.73 Å². The molecule has 17 heavy (non-hydrogen) atoms. The fourth-order valence-electron chi connectivity index (χ4n) is 2.15. The van der Waals surface area contributed by atoms with Crippen molar-refractivity contribution in [2.45, 2.75) is 6.92 Å². The molecule has 6 heteroatoms. The van der Waals surface area contributed by atoms with Gasteiger partial charge in [-0.2, -0.15) is 0 Å². The van der Waals surface area contributed by atoms with Gasteiger partial charge in [-0.05, 0) is 6.92 Å². The Morgan fingerprint density at radius 2 is 1.94 bits per heavy atom. The molecule has 0 aromatic carbocycles. The highest BCUT2D eigenvalue weighted by Gasteiger charge is 2.36. The maximum atomic E-state index is 11.8. The molecule has 0 saturated carbocycles. The number of primary amides is 1. The van der Waals surface area contributed by atoms with Crippen LogP contribution in [0, 0.1) is 0 Å². The number of nitrogens with two attached hydrogens (primary N) is 1. The number of likely N-dealkylation sites (N-methyl/N-ethyl adjacent to an activating group) is 1. The monoisotopic (exact) mass is 261 g/mol.